The SMILES string of the molecule is Cc1ccc(S(=O)(=O)N2CCCC(C3=CCCCN(S(=O)(=O)c4ccc(C)cc4)C3=O)CC2=O)cc1. The summed E-state index contributed by atoms with van der Waals surface area (Å²) in [7, 11) is -8.09. The zero-order valence-electron chi connectivity index (χ0n) is 20.4. The Kier molecular flexibility index (Phi) is 7.38. The van der Waals surface area contributed by atoms with Crippen LogP contribution in [-0.4, -0.2) is 50.3 Å². The summed E-state index contributed by atoms with van der Waals surface area (Å²) in [6.07, 6.45) is 3.28. The van der Waals surface area contributed by atoms with Gasteiger partial charge in [-0.25, -0.2) is 25.4 Å². The third-order valence-corrected chi connectivity index (χ3v) is 10.3. The molecule has 1 atom stereocenters. The van der Waals surface area contributed by atoms with Crippen molar-refractivity contribution in [2.45, 2.75) is 55.7 Å². The number of carbonyl (C=O) groups excluding carboxylic acids is 2. The van der Waals surface area contributed by atoms with E-state index < -0.39 is 37.8 Å². The number of nitrogens with zero attached hydrogens (tertiary/aromatic N) is 2. The van der Waals surface area contributed by atoms with Crippen LogP contribution in [-0.2, 0) is 29.6 Å². The fourth-order valence-electron chi connectivity index (χ4n) is 4.61. The Morgan fingerprint density at radius 3 is 1.78 bits per heavy atom. The second kappa shape index (κ2) is 10.2. The lowest BCUT2D eigenvalue weighted by atomic mass is 9.90. The normalized spacial score (nSPS) is 20.1. The predicted molar refractivity (Wildman–Crippen MR) is 135 cm³/mol. The number of amides is 2. The number of carbonyl (C=O) groups is 2. The first-order valence-corrected chi connectivity index (χ1v) is 14.9. The minimum absolute atomic E-state index is 0.0123. The van der Waals surface area contributed by atoms with E-state index in [0.29, 0.717) is 25.7 Å². The lowest BCUT2D eigenvalue weighted by molar-refractivity contribution is -0.126. The van der Waals surface area contributed by atoms with E-state index in [9.17, 15) is 26.4 Å². The summed E-state index contributed by atoms with van der Waals surface area (Å²) >= 11 is 0. The van der Waals surface area contributed by atoms with Crippen LogP contribution in [0.3, 0.4) is 0 Å². The molecule has 1 fully saturated rings. The van der Waals surface area contributed by atoms with Crippen molar-refractivity contribution < 1.29 is 26.4 Å². The van der Waals surface area contributed by atoms with Gasteiger partial charge >= 0.3 is 0 Å². The van der Waals surface area contributed by atoms with Gasteiger partial charge in [0.05, 0.1) is 9.79 Å². The molecule has 2 heterocycles. The molecule has 2 aromatic carbocycles. The van der Waals surface area contributed by atoms with Crippen LogP contribution in [0.15, 0.2) is 70.0 Å². The highest BCUT2D eigenvalue weighted by Gasteiger charge is 2.39. The highest BCUT2D eigenvalue weighted by molar-refractivity contribution is 7.90. The smallest absolute Gasteiger partial charge is 0.266 e. The van der Waals surface area contributed by atoms with Crippen LogP contribution in [0, 0.1) is 19.8 Å². The first-order chi connectivity index (χ1) is 17.0. The molecule has 2 aliphatic heterocycles. The van der Waals surface area contributed by atoms with Gasteiger partial charge in [-0.05, 0) is 69.7 Å². The lowest BCUT2D eigenvalue weighted by Crippen LogP contribution is -2.39. The minimum atomic E-state index is -4.07. The van der Waals surface area contributed by atoms with Crippen molar-refractivity contribution in [3.05, 3.63) is 71.3 Å². The molecular formula is C26H30N2O6S2. The summed E-state index contributed by atoms with van der Waals surface area (Å²) in [5.74, 6) is -1.79. The molecule has 0 radical (unpaired) electrons. The number of allylic oxidation sites excluding steroid dienone is 1. The summed E-state index contributed by atoms with van der Waals surface area (Å²) in [4.78, 5) is 26.8. The Hall–Kier alpha value is -2.98. The quantitative estimate of drug-likeness (QED) is 0.585. The second-order valence-corrected chi connectivity index (χ2v) is 13.0. The number of rotatable bonds is 5. The number of sulfonamides is 2. The summed E-state index contributed by atoms with van der Waals surface area (Å²) in [5.41, 5.74) is 2.07. The lowest BCUT2D eigenvalue weighted by Gasteiger charge is -2.25. The first kappa shape index (κ1) is 26.1. The largest absolute Gasteiger partial charge is 0.274 e. The molecular weight excluding hydrogens is 500 g/mol. The zero-order valence-corrected chi connectivity index (χ0v) is 22.0. The van der Waals surface area contributed by atoms with Crippen molar-refractivity contribution >= 4 is 31.9 Å². The van der Waals surface area contributed by atoms with Crippen LogP contribution < -0.4 is 0 Å². The molecule has 36 heavy (non-hydrogen) atoms. The van der Waals surface area contributed by atoms with Gasteiger partial charge in [-0.15, -0.1) is 0 Å². The average molecular weight is 531 g/mol. The van der Waals surface area contributed by atoms with Gasteiger partial charge in [0.25, 0.3) is 26.0 Å². The third-order valence-electron chi connectivity index (χ3n) is 6.67. The molecule has 0 N–H and O–H groups in total. The second-order valence-electron chi connectivity index (χ2n) is 9.32. The van der Waals surface area contributed by atoms with Crippen molar-refractivity contribution in [2.75, 3.05) is 13.1 Å². The number of hydrogen-bond donors (Lipinski definition) is 0. The molecule has 2 aliphatic rings. The first-order valence-electron chi connectivity index (χ1n) is 12.0. The van der Waals surface area contributed by atoms with Crippen molar-refractivity contribution in [3.8, 4) is 0 Å². The Balaban J connectivity index is 1.58. The Bertz CT molecular complexity index is 1400. The van der Waals surface area contributed by atoms with E-state index in [1.165, 1.54) is 24.3 Å². The zero-order chi connectivity index (χ0) is 26.1. The molecule has 192 valence electrons. The average Bonchev–Trinajstić information content (AvgIpc) is 3.15. The molecule has 10 heteroatoms. The molecule has 8 nitrogen and oxygen atoms in total. The highest BCUT2D eigenvalue weighted by Crippen LogP contribution is 2.33. The van der Waals surface area contributed by atoms with Crippen LogP contribution in [0.2, 0.25) is 0 Å². The molecule has 2 aromatic rings. The molecule has 2 amide bonds. The van der Waals surface area contributed by atoms with E-state index >= 15 is 0 Å². The van der Waals surface area contributed by atoms with E-state index in [1.807, 2.05) is 13.8 Å². The number of benzene rings is 2. The Morgan fingerprint density at radius 1 is 0.722 bits per heavy atom. The summed E-state index contributed by atoms with van der Waals surface area (Å²) in [6.45, 7) is 3.75. The van der Waals surface area contributed by atoms with Gasteiger partial charge in [-0.1, -0.05) is 41.5 Å². The van der Waals surface area contributed by atoms with Crippen LogP contribution in [0.1, 0.15) is 43.2 Å². The Morgan fingerprint density at radius 2 is 1.22 bits per heavy atom. The maximum absolute atomic E-state index is 13.5. The molecule has 0 bridgehead atoms. The number of hydrogen-bond acceptors (Lipinski definition) is 6. The van der Waals surface area contributed by atoms with Crippen molar-refractivity contribution in [2.24, 2.45) is 5.92 Å². The standard InChI is InChI=1S/C26H30N2O6S2/c1-19-8-12-22(13-9-19)35(31,32)27-17-5-6-21(18-25(27)29)24-7-3-4-16-28(26(24)30)36(33,34)23-14-10-20(2)11-15-23/h7-15,21H,3-6,16-18H2,1-2H3. The highest BCUT2D eigenvalue weighted by atomic mass is 32.2. The van der Waals surface area contributed by atoms with E-state index in [1.54, 1.807) is 30.3 Å². The third kappa shape index (κ3) is 5.10. The van der Waals surface area contributed by atoms with Gasteiger partial charge in [0, 0.05) is 25.1 Å². The van der Waals surface area contributed by atoms with E-state index in [-0.39, 0.29) is 34.9 Å². The monoisotopic (exact) mass is 530 g/mol. The van der Waals surface area contributed by atoms with Crippen LogP contribution in [0.5, 0.6) is 0 Å². The van der Waals surface area contributed by atoms with Crippen molar-refractivity contribution in [1.82, 2.24) is 8.61 Å². The molecule has 0 aromatic heterocycles. The van der Waals surface area contributed by atoms with Crippen LogP contribution in [0.4, 0.5) is 0 Å². The molecule has 0 spiro atoms. The van der Waals surface area contributed by atoms with E-state index in [2.05, 4.69) is 0 Å². The van der Waals surface area contributed by atoms with Gasteiger partial charge in [-0.3, -0.25) is 9.59 Å². The van der Waals surface area contributed by atoms with E-state index in [0.717, 1.165) is 19.7 Å². The molecule has 1 unspecified atom stereocenters. The summed E-state index contributed by atoms with van der Waals surface area (Å²) < 4.78 is 54.7. The van der Waals surface area contributed by atoms with Gasteiger partial charge in [0.15, 0.2) is 0 Å². The molecule has 1 saturated heterocycles. The Labute approximate surface area is 212 Å². The van der Waals surface area contributed by atoms with Gasteiger partial charge in [-0.2, -0.15) is 0 Å². The van der Waals surface area contributed by atoms with Crippen LogP contribution in [0.25, 0.3) is 0 Å². The van der Waals surface area contributed by atoms with Gasteiger partial charge in [0.1, 0.15) is 0 Å². The van der Waals surface area contributed by atoms with E-state index in [4.69, 9.17) is 0 Å². The maximum atomic E-state index is 13.5. The molecule has 4 rings (SSSR count). The van der Waals surface area contributed by atoms with Crippen LogP contribution >= 0.6 is 0 Å². The van der Waals surface area contributed by atoms with Gasteiger partial charge < -0.3 is 0 Å². The number of aryl methyl sites for hydroxylation is 2. The summed E-state index contributed by atoms with van der Waals surface area (Å²) in [6, 6.07) is 12.6. The molecule has 0 saturated carbocycles. The topological polar surface area (TPSA) is 109 Å². The van der Waals surface area contributed by atoms with Crippen molar-refractivity contribution in [3.63, 3.8) is 0 Å². The maximum Gasteiger partial charge on any atom is 0.266 e. The van der Waals surface area contributed by atoms with Crippen molar-refractivity contribution in [1.29, 1.82) is 0 Å². The minimum Gasteiger partial charge on any atom is -0.274 e. The van der Waals surface area contributed by atoms with Gasteiger partial charge in [0.2, 0.25) is 5.91 Å². The fraction of sp³-hybridized carbons (Fsp3) is 0.385. The molecule has 0 aliphatic carbocycles. The summed E-state index contributed by atoms with van der Waals surface area (Å²) in [5, 5.41) is 0. The fourth-order valence-corrected chi connectivity index (χ4v) is 7.49. The predicted octanol–water partition coefficient (Wildman–Crippen LogP) is 3.56.